The largest absolute Gasteiger partial charge is 0.382 e. The van der Waals surface area contributed by atoms with Gasteiger partial charge in [0.05, 0.1) is 18.3 Å². The van der Waals surface area contributed by atoms with Crippen molar-refractivity contribution in [2.45, 2.75) is 77.1 Å². The summed E-state index contributed by atoms with van der Waals surface area (Å²) >= 11 is 0. The standard InChI is InChI=1S/C15H32O3/c1-6-7-8-9-10-14(17-4)12-15(18-5)11-13(2)16-3/h13-15H,6-12H2,1-5H3. The van der Waals surface area contributed by atoms with E-state index in [0.717, 1.165) is 19.3 Å². The van der Waals surface area contributed by atoms with Gasteiger partial charge in [0, 0.05) is 21.3 Å². The molecule has 0 fully saturated rings. The maximum Gasteiger partial charge on any atom is 0.0620 e. The lowest BCUT2D eigenvalue weighted by molar-refractivity contribution is -0.0112. The van der Waals surface area contributed by atoms with Gasteiger partial charge in [0.15, 0.2) is 0 Å². The Balaban J connectivity index is 3.90. The molecule has 0 spiro atoms. The van der Waals surface area contributed by atoms with E-state index >= 15 is 0 Å². The highest BCUT2D eigenvalue weighted by atomic mass is 16.5. The Labute approximate surface area is 113 Å². The fourth-order valence-electron chi connectivity index (χ4n) is 2.18. The van der Waals surface area contributed by atoms with Crippen molar-refractivity contribution in [3.63, 3.8) is 0 Å². The van der Waals surface area contributed by atoms with Gasteiger partial charge < -0.3 is 14.2 Å². The minimum Gasteiger partial charge on any atom is -0.382 e. The maximum absolute atomic E-state index is 5.56. The molecule has 3 nitrogen and oxygen atoms in total. The fourth-order valence-corrected chi connectivity index (χ4v) is 2.18. The van der Waals surface area contributed by atoms with Crippen molar-refractivity contribution in [3.05, 3.63) is 0 Å². The van der Waals surface area contributed by atoms with Crippen molar-refractivity contribution in [1.82, 2.24) is 0 Å². The van der Waals surface area contributed by atoms with Crippen LogP contribution in [-0.2, 0) is 14.2 Å². The summed E-state index contributed by atoms with van der Waals surface area (Å²) in [5.41, 5.74) is 0. The van der Waals surface area contributed by atoms with Crippen LogP contribution in [0.1, 0.15) is 58.8 Å². The summed E-state index contributed by atoms with van der Waals surface area (Å²) in [6.45, 7) is 4.32. The molecule has 18 heavy (non-hydrogen) atoms. The third kappa shape index (κ3) is 8.90. The van der Waals surface area contributed by atoms with Gasteiger partial charge in [-0.25, -0.2) is 0 Å². The SMILES string of the molecule is CCCCCCC(CC(CC(C)OC)OC)OC. The van der Waals surface area contributed by atoms with Gasteiger partial charge in [0.25, 0.3) is 0 Å². The molecule has 0 bridgehead atoms. The predicted octanol–water partition coefficient (Wildman–Crippen LogP) is 3.80. The van der Waals surface area contributed by atoms with Crippen LogP contribution < -0.4 is 0 Å². The van der Waals surface area contributed by atoms with Gasteiger partial charge in [-0.3, -0.25) is 0 Å². The summed E-state index contributed by atoms with van der Waals surface area (Å²) in [7, 11) is 5.32. The van der Waals surface area contributed by atoms with Crippen LogP contribution in [0.4, 0.5) is 0 Å². The summed E-state index contributed by atoms with van der Waals surface area (Å²) in [6, 6.07) is 0. The number of hydrogen-bond donors (Lipinski definition) is 0. The van der Waals surface area contributed by atoms with Crippen molar-refractivity contribution < 1.29 is 14.2 Å². The second-order valence-corrected chi connectivity index (χ2v) is 5.08. The minimum absolute atomic E-state index is 0.232. The monoisotopic (exact) mass is 260 g/mol. The summed E-state index contributed by atoms with van der Waals surface area (Å²) in [5.74, 6) is 0. The molecule has 0 aliphatic rings. The lowest BCUT2D eigenvalue weighted by atomic mass is 10.0. The van der Waals surface area contributed by atoms with E-state index < -0.39 is 0 Å². The molecule has 0 saturated heterocycles. The Kier molecular flexibility index (Phi) is 11.9. The zero-order valence-corrected chi connectivity index (χ0v) is 12.9. The van der Waals surface area contributed by atoms with E-state index in [0.29, 0.717) is 6.10 Å². The molecular formula is C15H32O3. The molecule has 0 rings (SSSR count). The predicted molar refractivity (Wildman–Crippen MR) is 76.1 cm³/mol. The van der Waals surface area contributed by atoms with Crippen molar-refractivity contribution in [1.29, 1.82) is 0 Å². The summed E-state index contributed by atoms with van der Waals surface area (Å²) in [6.07, 6.45) is 8.99. The lowest BCUT2D eigenvalue weighted by Crippen LogP contribution is -2.25. The lowest BCUT2D eigenvalue weighted by Gasteiger charge is -2.23. The molecule has 0 aliphatic heterocycles. The Morgan fingerprint density at radius 1 is 0.778 bits per heavy atom. The highest BCUT2D eigenvalue weighted by molar-refractivity contribution is 4.69. The quantitative estimate of drug-likeness (QED) is 0.499. The highest BCUT2D eigenvalue weighted by Gasteiger charge is 2.18. The van der Waals surface area contributed by atoms with Crippen molar-refractivity contribution in [2.24, 2.45) is 0 Å². The summed E-state index contributed by atoms with van der Waals surface area (Å²) in [5, 5.41) is 0. The van der Waals surface area contributed by atoms with Crippen molar-refractivity contribution in [2.75, 3.05) is 21.3 Å². The maximum atomic E-state index is 5.56. The van der Waals surface area contributed by atoms with Gasteiger partial charge >= 0.3 is 0 Å². The summed E-state index contributed by atoms with van der Waals surface area (Å²) < 4.78 is 16.4. The van der Waals surface area contributed by atoms with Gasteiger partial charge in [-0.05, 0) is 26.2 Å². The first-order valence-corrected chi connectivity index (χ1v) is 7.26. The molecule has 3 unspecified atom stereocenters. The topological polar surface area (TPSA) is 27.7 Å². The van der Waals surface area contributed by atoms with Crippen LogP contribution in [0.2, 0.25) is 0 Å². The molecular weight excluding hydrogens is 228 g/mol. The Morgan fingerprint density at radius 3 is 1.94 bits per heavy atom. The molecule has 0 aromatic rings. The molecule has 0 heterocycles. The van der Waals surface area contributed by atoms with Crippen LogP contribution in [0, 0.1) is 0 Å². The van der Waals surface area contributed by atoms with Crippen LogP contribution in [0.5, 0.6) is 0 Å². The first-order valence-electron chi connectivity index (χ1n) is 7.26. The van der Waals surface area contributed by atoms with Gasteiger partial charge in [-0.1, -0.05) is 32.6 Å². The fraction of sp³-hybridized carbons (Fsp3) is 1.00. The normalized spacial score (nSPS) is 16.5. The molecule has 0 radical (unpaired) electrons. The Hall–Kier alpha value is -0.120. The van der Waals surface area contributed by atoms with Gasteiger partial charge in [-0.2, -0.15) is 0 Å². The Morgan fingerprint density at radius 2 is 1.44 bits per heavy atom. The second kappa shape index (κ2) is 11.9. The zero-order valence-electron chi connectivity index (χ0n) is 12.9. The molecule has 0 amide bonds. The molecule has 3 heteroatoms. The van der Waals surface area contributed by atoms with E-state index in [1.54, 1.807) is 21.3 Å². The Bertz CT molecular complexity index is 173. The van der Waals surface area contributed by atoms with Crippen LogP contribution in [-0.4, -0.2) is 39.6 Å². The smallest absolute Gasteiger partial charge is 0.0620 e. The van der Waals surface area contributed by atoms with Gasteiger partial charge in [0.1, 0.15) is 0 Å². The first kappa shape index (κ1) is 17.9. The molecule has 3 atom stereocenters. The third-order valence-corrected chi connectivity index (χ3v) is 3.57. The van der Waals surface area contributed by atoms with Gasteiger partial charge in [-0.15, -0.1) is 0 Å². The number of hydrogen-bond acceptors (Lipinski definition) is 3. The van der Waals surface area contributed by atoms with Crippen LogP contribution >= 0.6 is 0 Å². The molecule has 0 saturated carbocycles. The minimum atomic E-state index is 0.232. The van der Waals surface area contributed by atoms with Crippen molar-refractivity contribution >= 4 is 0 Å². The van der Waals surface area contributed by atoms with E-state index in [1.165, 1.54) is 25.7 Å². The molecule has 0 aliphatic carbocycles. The van der Waals surface area contributed by atoms with E-state index in [2.05, 4.69) is 13.8 Å². The number of methoxy groups -OCH3 is 3. The van der Waals surface area contributed by atoms with Crippen molar-refractivity contribution in [3.8, 4) is 0 Å². The average Bonchev–Trinajstić information content (AvgIpc) is 2.40. The zero-order chi connectivity index (χ0) is 13.8. The number of unbranched alkanes of at least 4 members (excludes halogenated alkanes) is 3. The molecule has 110 valence electrons. The third-order valence-electron chi connectivity index (χ3n) is 3.57. The van der Waals surface area contributed by atoms with E-state index in [1.807, 2.05) is 0 Å². The first-order chi connectivity index (χ1) is 8.67. The van der Waals surface area contributed by atoms with Crippen LogP contribution in [0.25, 0.3) is 0 Å². The second-order valence-electron chi connectivity index (χ2n) is 5.08. The van der Waals surface area contributed by atoms with Gasteiger partial charge in [0.2, 0.25) is 0 Å². The number of rotatable bonds is 12. The molecule has 0 aromatic heterocycles. The van der Waals surface area contributed by atoms with E-state index in [4.69, 9.17) is 14.2 Å². The van der Waals surface area contributed by atoms with E-state index in [-0.39, 0.29) is 12.2 Å². The summed E-state index contributed by atoms with van der Waals surface area (Å²) in [4.78, 5) is 0. The van der Waals surface area contributed by atoms with E-state index in [9.17, 15) is 0 Å². The van der Waals surface area contributed by atoms with Crippen LogP contribution in [0.3, 0.4) is 0 Å². The van der Waals surface area contributed by atoms with Crippen LogP contribution in [0.15, 0.2) is 0 Å². The molecule has 0 aromatic carbocycles. The highest BCUT2D eigenvalue weighted by Crippen LogP contribution is 2.17. The number of ether oxygens (including phenoxy) is 3. The average molecular weight is 260 g/mol. The molecule has 0 N–H and O–H groups in total.